The third kappa shape index (κ3) is 2.42. The molecule has 1 saturated heterocycles. The van der Waals surface area contributed by atoms with Gasteiger partial charge in [-0.05, 0) is 43.4 Å². The lowest BCUT2D eigenvalue weighted by Gasteiger charge is -2.38. The summed E-state index contributed by atoms with van der Waals surface area (Å²) in [5.41, 5.74) is 0.461. The van der Waals surface area contributed by atoms with E-state index >= 15 is 0 Å². The quantitative estimate of drug-likeness (QED) is 0.907. The summed E-state index contributed by atoms with van der Waals surface area (Å²) in [6, 6.07) is 8.93. The van der Waals surface area contributed by atoms with Crippen molar-refractivity contribution in [2.24, 2.45) is 0 Å². The van der Waals surface area contributed by atoms with Crippen LogP contribution in [-0.4, -0.2) is 29.1 Å². The maximum Gasteiger partial charge on any atom is 0.0920 e. The van der Waals surface area contributed by atoms with Crippen molar-refractivity contribution in [2.45, 2.75) is 37.3 Å². The highest BCUT2D eigenvalue weighted by atomic mass is 79.9. The molecule has 3 rings (SSSR count). The van der Waals surface area contributed by atoms with Crippen molar-refractivity contribution in [3.8, 4) is 0 Å². The second kappa shape index (κ2) is 4.38. The Kier molecular flexibility index (Phi) is 3.01. The number of rotatable bonds is 2. The normalized spacial score (nSPS) is 24.8. The van der Waals surface area contributed by atoms with Gasteiger partial charge in [-0.3, -0.25) is 0 Å². The molecule has 1 saturated carbocycles. The van der Waals surface area contributed by atoms with Crippen molar-refractivity contribution in [1.29, 1.82) is 0 Å². The van der Waals surface area contributed by atoms with Gasteiger partial charge in [-0.15, -0.1) is 0 Å². The van der Waals surface area contributed by atoms with E-state index in [-0.39, 0.29) is 0 Å². The van der Waals surface area contributed by atoms with Crippen LogP contribution in [-0.2, 0) is 5.60 Å². The molecule has 0 amide bonds. The molecule has 0 radical (unpaired) electrons. The number of piperidine rings is 1. The van der Waals surface area contributed by atoms with Gasteiger partial charge >= 0.3 is 0 Å². The Bertz CT molecular complexity index is 391. The molecule has 2 nitrogen and oxygen atoms in total. The fraction of sp³-hybridized carbons (Fsp3) is 0.571. The van der Waals surface area contributed by atoms with Crippen LogP contribution in [0, 0.1) is 0 Å². The molecule has 1 N–H and O–H groups in total. The lowest BCUT2D eigenvalue weighted by atomic mass is 9.84. The summed E-state index contributed by atoms with van der Waals surface area (Å²) in [5.74, 6) is 0. The maximum absolute atomic E-state index is 10.7. The van der Waals surface area contributed by atoms with Crippen LogP contribution in [0.3, 0.4) is 0 Å². The van der Waals surface area contributed by atoms with Gasteiger partial charge in [0.1, 0.15) is 0 Å². The van der Waals surface area contributed by atoms with E-state index in [9.17, 15) is 5.11 Å². The van der Waals surface area contributed by atoms with Crippen LogP contribution in [0.2, 0.25) is 0 Å². The van der Waals surface area contributed by atoms with Gasteiger partial charge in [-0.2, -0.15) is 0 Å². The van der Waals surface area contributed by atoms with Crippen LogP contribution in [0.15, 0.2) is 28.7 Å². The van der Waals surface area contributed by atoms with Gasteiger partial charge in [-0.25, -0.2) is 0 Å². The Morgan fingerprint density at radius 1 is 1.12 bits per heavy atom. The number of benzene rings is 1. The number of halogens is 1. The Hall–Kier alpha value is -0.380. The van der Waals surface area contributed by atoms with Gasteiger partial charge in [0.2, 0.25) is 0 Å². The molecule has 0 atom stereocenters. The number of likely N-dealkylation sites (tertiary alicyclic amines) is 1. The van der Waals surface area contributed by atoms with Crippen molar-refractivity contribution in [3.05, 3.63) is 34.3 Å². The van der Waals surface area contributed by atoms with Gasteiger partial charge in [0.05, 0.1) is 5.60 Å². The van der Waals surface area contributed by atoms with Gasteiger partial charge in [0.25, 0.3) is 0 Å². The summed E-state index contributed by atoms with van der Waals surface area (Å²) in [5, 5.41) is 10.7. The highest BCUT2D eigenvalue weighted by Crippen LogP contribution is 2.37. The fourth-order valence-corrected chi connectivity index (χ4v) is 3.01. The highest BCUT2D eigenvalue weighted by Gasteiger charge is 2.38. The smallest absolute Gasteiger partial charge is 0.0920 e. The second-order valence-corrected chi connectivity index (χ2v) is 6.22. The van der Waals surface area contributed by atoms with Crippen molar-refractivity contribution in [3.63, 3.8) is 0 Å². The van der Waals surface area contributed by atoms with Gasteiger partial charge in [0.15, 0.2) is 0 Å². The number of aliphatic hydroxyl groups is 1. The van der Waals surface area contributed by atoms with E-state index in [4.69, 9.17) is 0 Å². The standard InChI is InChI=1S/C14H18BrNO/c15-12-3-1-11(2-4-12)14(17)7-9-16(10-8-14)13-5-6-13/h1-4,13,17H,5-10H2. The summed E-state index contributed by atoms with van der Waals surface area (Å²) >= 11 is 3.43. The minimum atomic E-state index is -0.605. The molecule has 1 aromatic carbocycles. The first kappa shape index (κ1) is 11.7. The monoisotopic (exact) mass is 295 g/mol. The number of hydrogen-bond acceptors (Lipinski definition) is 2. The third-order valence-electron chi connectivity index (χ3n) is 4.07. The van der Waals surface area contributed by atoms with Crippen LogP contribution in [0.5, 0.6) is 0 Å². The van der Waals surface area contributed by atoms with E-state index in [1.807, 2.05) is 24.3 Å². The lowest BCUT2D eigenvalue weighted by molar-refractivity contribution is -0.0277. The summed E-state index contributed by atoms with van der Waals surface area (Å²) in [6.45, 7) is 2.08. The molecule has 1 heterocycles. The molecule has 92 valence electrons. The molecule has 17 heavy (non-hydrogen) atoms. The molecular formula is C14H18BrNO. The maximum atomic E-state index is 10.7. The van der Waals surface area contributed by atoms with Crippen LogP contribution in [0.25, 0.3) is 0 Å². The third-order valence-corrected chi connectivity index (χ3v) is 4.60. The molecule has 0 bridgehead atoms. The van der Waals surface area contributed by atoms with E-state index in [0.717, 1.165) is 42.0 Å². The van der Waals surface area contributed by atoms with Crippen molar-refractivity contribution >= 4 is 15.9 Å². The van der Waals surface area contributed by atoms with Crippen molar-refractivity contribution in [1.82, 2.24) is 4.90 Å². The van der Waals surface area contributed by atoms with E-state index < -0.39 is 5.60 Å². The predicted octanol–water partition coefficient (Wildman–Crippen LogP) is 2.89. The summed E-state index contributed by atoms with van der Waals surface area (Å²) in [4.78, 5) is 2.54. The number of hydrogen-bond donors (Lipinski definition) is 1. The van der Waals surface area contributed by atoms with Gasteiger partial charge < -0.3 is 10.0 Å². The Balaban J connectivity index is 1.71. The minimum Gasteiger partial charge on any atom is -0.385 e. The molecular weight excluding hydrogens is 278 g/mol. The van der Waals surface area contributed by atoms with E-state index in [1.165, 1.54) is 12.8 Å². The summed E-state index contributed by atoms with van der Waals surface area (Å²) in [7, 11) is 0. The van der Waals surface area contributed by atoms with Crippen LogP contribution in [0.4, 0.5) is 0 Å². The molecule has 0 unspecified atom stereocenters. The zero-order valence-electron chi connectivity index (χ0n) is 9.90. The molecule has 2 aliphatic rings. The van der Waals surface area contributed by atoms with E-state index in [2.05, 4.69) is 20.8 Å². The Labute approximate surface area is 111 Å². The zero-order chi connectivity index (χ0) is 11.9. The molecule has 3 heteroatoms. The van der Waals surface area contributed by atoms with Crippen molar-refractivity contribution < 1.29 is 5.11 Å². The molecule has 2 fully saturated rings. The summed E-state index contributed by atoms with van der Waals surface area (Å²) in [6.07, 6.45) is 4.45. The van der Waals surface area contributed by atoms with Crippen molar-refractivity contribution in [2.75, 3.05) is 13.1 Å². The van der Waals surface area contributed by atoms with E-state index in [0.29, 0.717) is 0 Å². The average Bonchev–Trinajstić information content (AvgIpc) is 3.15. The molecule has 1 aliphatic heterocycles. The Morgan fingerprint density at radius 2 is 1.71 bits per heavy atom. The summed E-state index contributed by atoms with van der Waals surface area (Å²) < 4.78 is 1.07. The zero-order valence-corrected chi connectivity index (χ0v) is 11.5. The second-order valence-electron chi connectivity index (χ2n) is 5.31. The molecule has 0 spiro atoms. The van der Waals surface area contributed by atoms with E-state index in [1.54, 1.807) is 0 Å². The fourth-order valence-electron chi connectivity index (χ4n) is 2.75. The first-order valence-corrected chi connectivity index (χ1v) is 7.19. The van der Waals surface area contributed by atoms with Crippen LogP contribution >= 0.6 is 15.9 Å². The largest absolute Gasteiger partial charge is 0.385 e. The highest BCUT2D eigenvalue weighted by molar-refractivity contribution is 9.10. The van der Waals surface area contributed by atoms with Gasteiger partial charge in [-0.1, -0.05) is 28.1 Å². The first-order valence-electron chi connectivity index (χ1n) is 6.40. The topological polar surface area (TPSA) is 23.5 Å². The lowest BCUT2D eigenvalue weighted by Crippen LogP contribution is -2.43. The number of nitrogens with zero attached hydrogens (tertiary/aromatic N) is 1. The SMILES string of the molecule is OC1(c2ccc(Br)cc2)CCN(C2CC2)CC1. The van der Waals surface area contributed by atoms with Crippen LogP contribution < -0.4 is 0 Å². The Morgan fingerprint density at radius 3 is 2.24 bits per heavy atom. The van der Waals surface area contributed by atoms with Crippen LogP contribution in [0.1, 0.15) is 31.2 Å². The van der Waals surface area contributed by atoms with Gasteiger partial charge in [0, 0.05) is 23.6 Å². The minimum absolute atomic E-state index is 0.605. The molecule has 0 aromatic heterocycles. The molecule has 1 aromatic rings. The first-order chi connectivity index (χ1) is 8.17. The predicted molar refractivity (Wildman–Crippen MR) is 71.9 cm³/mol. The molecule has 1 aliphatic carbocycles. The average molecular weight is 296 g/mol.